The lowest BCUT2D eigenvalue weighted by Gasteiger charge is -2.12. The fraction of sp³-hybridized carbons (Fsp3) is 0.133. The van der Waals surface area contributed by atoms with Crippen LogP contribution in [0.1, 0.15) is 0 Å². The molecule has 0 atom stereocenters. The number of hydrogen-bond acceptors (Lipinski definition) is 3. The molecular formula is C15H13BrN2O2S. The summed E-state index contributed by atoms with van der Waals surface area (Å²) in [7, 11) is 3.27. The summed E-state index contributed by atoms with van der Waals surface area (Å²) in [5, 5.41) is 0. The Kier molecular flexibility index (Phi) is 3.73. The van der Waals surface area contributed by atoms with Crippen molar-refractivity contribution in [3.8, 4) is 17.2 Å². The molecule has 0 radical (unpaired) electrons. The van der Waals surface area contributed by atoms with Crippen LogP contribution in [-0.4, -0.2) is 23.8 Å². The third-order valence-corrected chi connectivity index (χ3v) is 4.05. The number of methoxy groups -OCH3 is 2. The standard InChI is InChI=1S/C15H13BrN2O2S/c1-19-10-4-6-14(20-2)13(8-10)18-12-7-9(16)3-5-11(12)17-15(18)21/h3-8H,1-2H3,(H,17,21). The number of nitrogens with zero attached hydrogens (tertiary/aromatic N) is 1. The lowest BCUT2D eigenvalue weighted by molar-refractivity contribution is 0.401. The Morgan fingerprint density at radius 2 is 1.90 bits per heavy atom. The zero-order valence-electron chi connectivity index (χ0n) is 11.5. The van der Waals surface area contributed by atoms with Crippen molar-refractivity contribution >= 4 is 39.2 Å². The summed E-state index contributed by atoms with van der Waals surface area (Å²) in [5.41, 5.74) is 2.78. The molecule has 3 rings (SSSR count). The Balaban J connectivity index is 2.36. The maximum atomic E-state index is 5.46. The van der Waals surface area contributed by atoms with Crippen molar-refractivity contribution in [2.45, 2.75) is 0 Å². The van der Waals surface area contributed by atoms with Crippen molar-refractivity contribution in [1.29, 1.82) is 0 Å². The molecule has 21 heavy (non-hydrogen) atoms. The van der Waals surface area contributed by atoms with Gasteiger partial charge >= 0.3 is 0 Å². The topological polar surface area (TPSA) is 39.2 Å². The van der Waals surface area contributed by atoms with Gasteiger partial charge in [-0.2, -0.15) is 0 Å². The number of aromatic nitrogens is 2. The van der Waals surface area contributed by atoms with Crippen LogP contribution in [0.2, 0.25) is 0 Å². The van der Waals surface area contributed by atoms with Gasteiger partial charge in [0, 0.05) is 10.5 Å². The molecule has 3 aromatic rings. The molecule has 0 spiro atoms. The number of aromatic amines is 1. The minimum atomic E-state index is 0.606. The van der Waals surface area contributed by atoms with Crippen molar-refractivity contribution in [2.24, 2.45) is 0 Å². The fourth-order valence-corrected chi connectivity index (χ4v) is 2.94. The molecule has 0 bridgehead atoms. The number of ether oxygens (including phenoxy) is 2. The van der Waals surface area contributed by atoms with Crippen LogP contribution in [0, 0.1) is 4.77 Å². The van der Waals surface area contributed by atoms with Crippen LogP contribution >= 0.6 is 28.1 Å². The van der Waals surface area contributed by atoms with Crippen molar-refractivity contribution in [3.63, 3.8) is 0 Å². The number of fused-ring (bicyclic) bond motifs is 1. The van der Waals surface area contributed by atoms with E-state index in [1.807, 2.05) is 41.0 Å². The quantitative estimate of drug-likeness (QED) is 0.697. The van der Waals surface area contributed by atoms with Crippen LogP contribution in [-0.2, 0) is 0 Å². The predicted octanol–water partition coefficient (Wildman–Crippen LogP) is 4.47. The van der Waals surface area contributed by atoms with Gasteiger partial charge in [-0.1, -0.05) is 15.9 Å². The molecule has 0 aliphatic heterocycles. The normalized spacial score (nSPS) is 10.8. The first kappa shape index (κ1) is 14.2. The Morgan fingerprint density at radius 3 is 2.62 bits per heavy atom. The molecule has 1 aromatic heterocycles. The first-order valence-electron chi connectivity index (χ1n) is 6.26. The van der Waals surface area contributed by atoms with Gasteiger partial charge in [-0.3, -0.25) is 4.57 Å². The van der Waals surface area contributed by atoms with E-state index in [-0.39, 0.29) is 0 Å². The first-order valence-corrected chi connectivity index (χ1v) is 7.47. The number of benzene rings is 2. The summed E-state index contributed by atoms with van der Waals surface area (Å²) in [6.07, 6.45) is 0. The lowest BCUT2D eigenvalue weighted by Crippen LogP contribution is -1.99. The average molecular weight is 365 g/mol. The summed E-state index contributed by atoms with van der Waals surface area (Å²) < 4.78 is 14.3. The average Bonchev–Trinajstić information content (AvgIpc) is 2.81. The first-order chi connectivity index (χ1) is 10.1. The second-order valence-corrected chi connectivity index (χ2v) is 5.77. The minimum Gasteiger partial charge on any atom is -0.497 e. The van der Waals surface area contributed by atoms with Gasteiger partial charge in [0.25, 0.3) is 0 Å². The molecule has 0 fully saturated rings. The van der Waals surface area contributed by atoms with Crippen molar-refractivity contribution < 1.29 is 9.47 Å². The van der Waals surface area contributed by atoms with Gasteiger partial charge in [-0.15, -0.1) is 0 Å². The summed E-state index contributed by atoms with van der Waals surface area (Å²) in [4.78, 5) is 3.20. The Hall–Kier alpha value is -1.79. The van der Waals surface area contributed by atoms with E-state index >= 15 is 0 Å². The van der Waals surface area contributed by atoms with Crippen LogP contribution in [0.5, 0.6) is 11.5 Å². The van der Waals surface area contributed by atoms with E-state index < -0.39 is 0 Å². The molecular weight excluding hydrogens is 352 g/mol. The van der Waals surface area contributed by atoms with Crippen LogP contribution in [0.3, 0.4) is 0 Å². The summed E-state index contributed by atoms with van der Waals surface area (Å²) in [6, 6.07) is 11.6. The van der Waals surface area contributed by atoms with E-state index in [0.29, 0.717) is 4.77 Å². The van der Waals surface area contributed by atoms with E-state index in [2.05, 4.69) is 20.9 Å². The number of imidazole rings is 1. The minimum absolute atomic E-state index is 0.606. The van der Waals surface area contributed by atoms with Gasteiger partial charge < -0.3 is 14.5 Å². The van der Waals surface area contributed by atoms with Crippen LogP contribution in [0.4, 0.5) is 0 Å². The lowest BCUT2D eigenvalue weighted by atomic mass is 10.2. The highest BCUT2D eigenvalue weighted by atomic mass is 79.9. The fourth-order valence-electron chi connectivity index (χ4n) is 2.29. The monoisotopic (exact) mass is 364 g/mol. The van der Waals surface area contributed by atoms with Crippen molar-refractivity contribution in [2.75, 3.05) is 14.2 Å². The van der Waals surface area contributed by atoms with Gasteiger partial charge in [0.2, 0.25) is 0 Å². The van der Waals surface area contributed by atoms with E-state index in [1.165, 1.54) is 0 Å². The Morgan fingerprint density at radius 1 is 1.10 bits per heavy atom. The van der Waals surface area contributed by atoms with E-state index in [9.17, 15) is 0 Å². The highest BCUT2D eigenvalue weighted by Gasteiger charge is 2.12. The zero-order chi connectivity index (χ0) is 15.0. The molecule has 6 heteroatoms. The van der Waals surface area contributed by atoms with Gasteiger partial charge in [-0.05, 0) is 42.5 Å². The van der Waals surface area contributed by atoms with Gasteiger partial charge in [-0.25, -0.2) is 0 Å². The van der Waals surface area contributed by atoms with E-state index in [0.717, 1.165) is 32.7 Å². The molecule has 4 nitrogen and oxygen atoms in total. The summed E-state index contributed by atoms with van der Waals surface area (Å²) >= 11 is 8.96. The number of halogens is 1. The van der Waals surface area contributed by atoms with Crippen molar-refractivity contribution in [1.82, 2.24) is 9.55 Å². The number of rotatable bonds is 3. The molecule has 1 heterocycles. The highest BCUT2D eigenvalue weighted by molar-refractivity contribution is 9.10. The zero-order valence-corrected chi connectivity index (χ0v) is 13.9. The molecule has 0 aliphatic carbocycles. The Bertz CT molecular complexity index is 870. The maximum Gasteiger partial charge on any atom is 0.182 e. The number of nitrogens with one attached hydrogen (secondary N) is 1. The summed E-state index contributed by atoms with van der Waals surface area (Å²) in [5.74, 6) is 1.48. The van der Waals surface area contributed by atoms with E-state index in [4.69, 9.17) is 21.7 Å². The van der Waals surface area contributed by atoms with Crippen LogP contribution < -0.4 is 9.47 Å². The smallest absolute Gasteiger partial charge is 0.182 e. The maximum absolute atomic E-state index is 5.46. The highest BCUT2D eigenvalue weighted by Crippen LogP contribution is 2.31. The molecule has 108 valence electrons. The van der Waals surface area contributed by atoms with Crippen LogP contribution in [0.25, 0.3) is 16.7 Å². The predicted molar refractivity (Wildman–Crippen MR) is 89.3 cm³/mol. The largest absolute Gasteiger partial charge is 0.497 e. The molecule has 0 amide bonds. The molecule has 2 aromatic carbocycles. The van der Waals surface area contributed by atoms with E-state index in [1.54, 1.807) is 14.2 Å². The second kappa shape index (κ2) is 5.54. The summed E-state index contributed by atoms with van der Waals surface area (Å²) in [6.45, 7) is 0. The Labute approximate surface area is 135 Å². The molecule has 0 aliphatic rings. The molecule has 0 saturated carbocycles. The van der Waals surface area contributed by atoms with Gasteiger partial charge in [0.05, 0.1) is 30.9 Å². The van der Waals surface area contributed by atoms with Gasteiger partial charge in [0.15, 0.2) is 4.77 Å². The third kappa shape index (κ3) is 2.45. The second-order valence-electron chi connectivity index (χ2n) is 4.46. The van der Waals surface area contributed by atoms with Crippen molar-refractivity contribution in [3.05, 3.63) is 45.6 Å². The van der Waals surface area contributed by atoms with Crippen LogP contribution in [0.15, 0.2) is 40.9 Å². The third-order valence-electron chi connectivity index (χ3n) is 3.27. The molecule has 0 unspecified atom stereocenters. The molecule has 0 saturated heterocycles. The van der Waals surface area contributed by atoms with Gasteiger partial charge in [0.1, 0.15) is 11.5 Å². The SMILES string of the molecule is COc1ccc(OC)c(-n2c(=S)[nH]c3ccc(Br)cc32)c1. The molecule has 1 N–H and O–H groups in total. The number of hydrogen-bond donors (Lipinski definition) is 1. The number of H-pyrrole nitrogens is 1.